The molecule has 2 heterocycles. The largest absolute Gasteiger partial charge is 0.468 e. The lowest BCUT2D eigenvalue weighted by Crippen LogP contribution is -2.59. The predicted molar refractivity (Wildman–Crippen MR) is 125 cm³/mol. The Hall–Kier alpha value is -3.00. The lowest BCUT2D eigenvalue weighted by Gasteiger charge is -2.30. The molecule has 0 N–H and O–H groups in total. The Balaban J connectivity index is 1.48. The predicted octanol–water partition coefficient (Wildman–Crippen LogP) is 5.96. The van der Waals surface area contributed by atoms with E-state index in [0.29, 0.717) is 5.92 Å². The van der Waals surface area contributed by atoms with Gasteiger partial charge in [-0.25, -0.2) is 0 Å². The maximum Gasteiger partial charge on any atom is 0.468 e. The number of fused-ring (bicyclic) bond motifs is 5. The lowest BCUT2D eigenvalue weighted by atomic mass is 9.81. The van der Waals surface area contributed by atoms with Crippen LogP contribution in [0.25, 0.3) is 11.1 Å². The van der Waals surface area contributed by atoms with E-state index in [9.17, 15) is 0 Å². The van der Waals surface area contributed by atoms with Crippen LogP contribution >= 0.6 is 0 Å². The van der Waals surface area contributed by atoms with E-state index < -0.39 is 0 Å². The molecule has 2 aliphatic carbocycles. The molecule has 0 bridgehead atoms. The summed E-state index contributed by atoms with van der Waals surface area (Å²) in [4.78, 5) is 0. The van der Waals surface area contributed by atoms with E-state index in [2.05, 4.69) is 109 Å². The maximum absolute atomic E-state index is 2.75. The smallest absolute Gasteiger partial charge is 0.0747 e. The highest BCUT2D eigenvalue weighted by molar-refractivity contribution is 6.05. The van der Waals surface area contributed by atoms with Crippen LogP contribution in [0, 0.1) is 11.8 Å². The molecule has 3 unspecified atom stereocenters. The number of benzene rings is 3. The van der Waals surface area contributed by atoms with Gasteiger partial charge in [0.15, 0.2) is 5.54 Å². The minimum atomic E-state index is 0.251. The first-order chi connectivity index (χ1) is 15.1. The van der Waals surface area contributed by atoms with Crippen molar-refractivity contribution in [2.24, 2.45) is 11.8 Å². The molecule has 3 aromatic carbocycles. The van der Waals surface area contributed by atoms with Crippen molar-refractivity contribution >= 4 is 17.4 Å². The molecule has 0 spiro atoms. The Morgan fingerprint density at radius 3 is 2.19 bits per heavy atom. The van der Waals surface area contributed by atoms with Crippen LogP contribution in [0.15, 0.2) is 78.9 Å². The molecule has 0 aromatic heterocycles. The van der Waals surface area contributed by atoms with Crippen molar-refractivity contribution in [1.29, 1.82) is 0 Å². The van der Waals surface area contributed by atoms with Crippen molar-refractivity contribution < 1.29 is 9.15 Å². The van der Waals surface area contributed by atoms with Crippen molar-refractivity contribution in [1.82, 2.24) is 0 Å². The Labute approximate surface area is 184 Å². The summed E-state index contributed by atoms with van der Waals surface area (Å²) in [5, 5.41) is 0. The van der Waals surface area contributed by atoms with E-state index in [0.717, 1.165) is 5.92 Å². The van der Waals surface area contributed by atoms with Crippen LogP contribution in [0.1, 0.15) is 44.7 Å². The Morgan fingerprint density at radius 1 is 0.806 bits per heavy atom. The van der Waals surface area contributed by atoms with Crippen LogP contribution < -0.4 is 0 Å². The molecule has 0 amide bonds. The summed E-state index contributed by atoms with van der Waals surface area (Å²) in [6, 6.07) is 28.9. The molecular weight excluding hydrogens is 376 g/mol. The van der Waals surface area contributed by atoms with Crippen LogP contribution in [0.4, 0.5) is 5.69 Å². The first kappa shape index (κ1) is 17.7. The summed E-state index contributed by atoms with van der Waals surface area (Å²) in [5.41, 5.74) is 7.34. The van der Waals surface area contributed by atoms with E-state index in [1.165, 1.54) is 46.9 Å². The number of nitrogens with zero attached hydrogens (tertiary/aromatic N) is 2. The quantitative estimate of drug-likeness (QED) is 0.475. The van der Waals surface area contributed by atoms with Crippen LogP contribution in [-0.4, -0.2) is 26.4 Å². The van der Waals surface area contributed by atoms with Gasteiger partial charge >= 0.3 is 11.7 Å². The van der Waals surface area contributed by atoms with Crippen molar-refractivity contribution in [3.63, 3.8) is 0 Å². The van der Waals surface area contributed by atoms with Gasteiger partial charge in [0.1, 0.15) is 5.56 Å². The van der Waals surface area contributed by atoms with Gasteiger partial charge in [-0.2, -0.15) is 0 Å². The molecular formula is C29H28N2+2. The van der Waals surface area contributed by atoms with Crippen molar-refractivity contribution in [2.75, 3.05) is 0 Å². The summed E-state index contributed by atoms with van der Waals surface area (Å²) in [6.45, 7) is 7.35. The van der Waals surface area contributed by atoms with Crippen molar-refractivity contribution in [3.8, 4) is 11.1 Å². The molecule has 31 heavy (non-hydrogen) atoms. The zero-order valence-corrected chi connectivity index (χ0v) is 18.5. The second-order valence-corrected chi connectivity index (χ2v) is 9.99. The molecule has 0 radical (unpaired) electrons. The monoisotopic (exact) mass is 404 g/mol. The molecule has 2 fully saturated rings. The number of para-hydroxylation sites is 1. The minimum Gasteiger partial charge on any atom is -0.0747 e. The SMILES string of the molecule is CC1=[N+](c2ccccc2-c2ccccc2)C2=[N+]1C1(C3CC3)C(C)C1(C)c1ccccc12. The van der Waals surface area contributed by atoms with Crippen LogP contribution in [0.2, 0.25) is 0 Å². The van der Waals surface area contributed by atoms with E-state index in [1.54, 1.807) is 5.56 Å². The molecule has 2 heteroatoms. The standard InChI is InChI=1S/C29H28N2/c1-19-28(3)25-15-9-7-14-24(25)27-30(20(2)31(27)29(19,28)22-17-18-22)26-16-10-8-13-23(26)21-11-5-4-6-12-21/h4-16,19,22H,17-18H2,1-3H3/q+2. The van der Waals surface area contributed by atoms with Gasteiger partial charge in [0, 0.05) is 17.9 Å². The number of amidine groups is 2. The third-order valence-electron chi connectivity index (χ3n) is 8.87. The number of hydrogen-bond acceptors (Lipinski definition) is 0. The Kier molecular flexibility index (Phi) is 3.20. The fourth-order valence-electron chi connectivity index (χ4n) is 7.31. The molecule has 2 nitrogen and oxygen atoms in total. The molecule has 3 atom stereocenters. The van der Waals surface area contributed by atoms with Crippen molar-refractivity contribution in [3.05, 3.63) is 90.0 Å². The molecule has 0 saturated heterocycles. The fourth-order valence-corrected chi connectivity index (χ4v) is 7.31. The summed E-state index contributed by atoms with van der Waals surface area (Å²) in [6.07, 6.45) is 2.75. The fraction of sp³-hybridized carbons (Fsp3) is 0.310. The molecule has 152 valence electrons. The average Bonchev–Trinajstić information content (AvgIpc) is 3.72. The second-order valence-electron chi connectivity index (χ2n) is 9.99. The Morgan fingerprint density at radius 2 is 1.45 bits per heavy atom. The zero-order chi connectivity index (χ0) is 21.0. The molecule has 2 aliphatic heterocycles. The van der Waals surface area contributed by atoms with E-state index in [-0.39, 0.29) is 11.0 Å². The minimum absolute atomic E-state index is 0.251. The highest BCUT2D eigenvalue weighted by Gasteiger charge is 2.90. The first-order valence-electron chi connectivity index (χ1n) is 11.7. The zero-order valence-electron chi connectivity index (χ0n) is 18.5. The highest BCUT2D eigenvalue weighted by Crippen LogP contribution is 2.75. The Bertz CT molecular complexity index is 1330. The van der Waals surface area contributed by atoms with Gasteiger partial charge in [0.05, 0.1) is 17.9 Å². The average molecular weight is 405 g/mol. The summed E-state index contributed by atoms with van der Waals surface area (Å²) >= 11 is 0. The number of rotatable bonds is 3. The highest BCUT2D eigenvalue weighted by atomic mass is 15.4. The van der Waals surface area contributed by atoms with Gasteiger partial charge in [0.25, 0.3) is 0 Å². The normalized spacial score (nSPS) is 30.4. The van der Waals surface area contributed by atoms with Gasteiger partial charge in [-0.15, -0.1) is 0 Å². The van der Waals surface area contributed by atoms with Gasteiger partial charge in [-0.1, -0.05) is 72.2 Å². The summed E-state index contributed by atoms with van der Waals surface area (Å²) in [5.74, 6) is 4.27. The van der Waals surface area contributed by atoms with Crippen LogP contribution in [-0.2, 0) is 5.41 Å². The molecule has 4 aliphatic rings. The third kappa shape index (κ3) is 1.87. The lowest BCUT2D eigenvalue weighted by molar-refractivity contribution is -0.623. The molecule has 2 saturated carbocycles. The van der Waals surface area contributed by atoms with Crippen molar-refractivity contribution in [2.45, 2.75) is 44.6 Å². The van der Waals surface area contributed by atoms with E-state index >= 15 is 0 Å². The van der Waals surface area contributed by atoms with Gasteiger partial charge < -0.3 is 0 Å². The van der Waals surface area contributed by atoms with E-state index in [1.807, 2.05) is 0 Å². The first-order valence-corrected chi connectivity index (χ1v) is 11.7. The second kappa shape index (κ2) is 5.62. The molecule has 7 rings (SSSR count). The number of hydrogen-bond donors (Lipinski definition) is 0. The van der Waals surface area contributed by atoms with Gasteiger partial charge in [-0.3, -0.25) is 0 Å². The van der Waals surface area contributed by atoms with Crippen LogP contribution in [0.5, 0.6) is 0 Å². The van der Waals surface area contributed by atoms with Gasteiger partial charge in [0.2, 0.25) is 5.69 Å². The van der Waals surface area contributed by atoms with E-state index in [4.69, 9.17) is 0 Å². The van der Waals surface area contributed by atoms with Crippen LogP contribution in [0.3, 0.4) is 0 Å². The maximum atomic E-state index is 2.75. The van der Waals surface area contributed by atoms with Gasteiger partial charge in [-0.05, 0) is 47.6 Å². The third-order valence-corrected chi connectivity index (χ3v) is 8.87. The summed E-state index contributed by atoms with van der Waals surface area (Å²) in [7, 11) is 0. The topological polar surface area (TPSA) is 6.02 Å². The molecule has 3 aromatic rings. The summed E-state index contributed by atoms with van der Waals surface area (Å²) < 4.78 is 5.27.